The fraction of sp³-hybridized carbons (Fsp3) is 0.176. The molecule has 0 saturated carbocycles. The third-order valence-electron chi connectivity index (χ3n) is 3.14. The number of carbonyl (C=O) groups excluding carboxylic acids is 2. The lowest BCUT2D eigenvalue weighted by Gasteiger charge is -2.08. The van der Waals surface area contributed by atoms with E-state index in [2.05, 4.69) is 10.6 Å². The van der Waals surface area contributed by atoms with Crippen LogP contribution in [-0.4, -0.2) is 23.5 Å². The van der Waals surface area contributed by atoms with Crippen molar-refractivity contribution in [3.8, 4) is 0 Å². The molecule has 0 aliphatic heterocycles. The quantitative estimate of drug-likeness (QED) is 0.760. The van der Waals surface area contributed by atoms with Crippen molar-refractivity contribution in [3.05, 3.63) is 64.7 Å². The Bertz CT molecular complexity index is 686. The van der Waals surface area contributed by atoms with Gasteiger partial charge < -0.3 is 15.7 Å². The smallest absolute Gasteiger partial charge is 0.251 e. The Morgan fingerprint density at radius 1 is 1.09 bits per heavy atom. The molecule has 0 radical (unpaired) electrons. The van der Waals surface area contributed by atoms with Crippen LogP contribution in [0, 0.1) is 0 Å². The predicted octanol–water partition coefficient (Wildman–Crippen LogP) is 2.59. The van der Waals surface area contributed by atoms with Crippen LogP contribution >= 0.6 is 11.6 Å². The van der Waals surface area contributed by atoms with E-state index in [-0.39, 0.29) is 31.4 Å². The molecule has 5 nitrogen and oxygen atoms in total. The highest BCUT2D eigenvalue weighted by Crippen LogP contribution is 2.11. The highest BCUT2D eigenvalue weighted by Gasteiger charge is 2.07. The molecule has 0 atom stereocenters. The summed E-state index contributed by atoms with van der Waals surface area (Å²) in [7, 11) is 0. The van der Waals surface area contributed by atoms with Crippen LogP contribution in [0.25, 0.3) is 0 Å². The molecule has 0 heterocycles. The Morgan fingerprint density at radius 2 is 1.83 bits per heavy atom. The molecule has 0 spiro atoms. The Balaban J connectivity index is 1.78. The van der Waals surface area contributed by atoms with Crippen molar-refractivity contribution in [1.29, 1.82) is 0 Å². The highest BCUT2D eigenvalue weighted by molar-refractivity contribution is 6.30. The van der Waals surface area contributed by atoms with Crippen molar-refractivity contribution >= 4 is 29.1 Å². The van der Waals surface area contributed by atoms with Gasteiger partial charge in [-0.3, -0.25) is 9.59 Å². The molecule has 120 valence electrons. The Kier molecular flexibility index (Phi) is 6.14. The standard InChI is InChI=1S/C17H17ClN2O3/c18-14-6-4-13(5-7-14)17(23)19-9-8-16(22)20-15-3-1-2-12(10-15)11-21/h1-7,10,21H,8-9,11H2,(H,19,23)(H,20,22). The molecular weight excluding hydrogens is 316 g/mol. The average Bonchev–Trinajstić information content (AvgIpc) is 2.55. The monoisotopic (exact) mass is 332 g/mol. The molecule has 2 aromatic carbocycles. The van der Waals surface area contributed by atoms with Crippen LogP contribution in [0.4, 0.5) is 5.69 Å². The molecule has 0 bridgehead atoms. The normalized spacial score (nSPS) is 10.2. The van der Waals surface area contributed by atoms with Gasteiger partial charge in [0.15, 0.2) is 0 Å². The minimum atomic E-state index is -0.253. The fourth-order valence-corrected chi connectivity index (χ4v) is 2.09. The Hall–Kier alpha value is -2.37. The molecule has 2 amide bonds. The topological polar surface area (TPSA) is 78.4 Å². The number of carbonyl (C=O) groups is 2. The average molecular weight is 333 g/mol. The summed E-state index contributed by atoms with van der Waals surface area (Å²) in [4.78, 5) is 23.7. The van der Waals surface area contributed by atoms with Gasteiger partial charge in [0, 0.05) is 29.2 Å². The van der Waals surface area contributed by atoms with Gasteiger partial charge >= 0.3 is 0 Å². The number of aliphatic hydroxyl groups is 1. The van der Waals surface area contributed by atoms with E-state index < -0.39 is 0 Å². The van der Waals surface area contributed by atoms with E-state index in [9.17, 15) is 9.59 Å². The van der Waals surface area contributed by atoms with Crippen LogP contribution < -0.4 is 10.6 Å². The molecule has 0 aliphatic carbocycles. The second-order valence-electron chi connectivity index (χ2n) is 4.92. The summed E-state index contributed by atoms with van der Waals surface area (Å²) in [6.07, 6.45) is 0.155. The van der Waals surface area contributed by atoms with Crippen LogP contribution in [-0.2, 0) is 11.4 Å². The zero-order valence-electron chi connectivity index (χ0n) is 12.4. The number of nitrogens with one attached hydrogen (secondary N) is 2. The van der Waals surface area contributed by atoms with Crippen molar-refractivity contribution in [2.75, 3.05) is 11.9 Å². The van der Waals surface area contributed by atoms with E-state index in [1.807, 2.05) is 0 Å². The minimum Gasteiger partial charge on any atom is -0.392 e. The molecule has 2 rings (SSSR count). The first-order chi connectivity index (χ1) is 11.1. The maximum absolute atomic E-state index is 11.9. The molecule has 0 unspecified atom stereocenters. The number of hydrogen-bond acceptors (Lipinski definition) is 3. The van der Waals surface area contributed by atoms with Gasteiger partial charge in [0.2, 0.25) is 5.91 Å². The van der Waals surface area contributed by atoms with E-state index in [0.29, 0.717) is 16.3 Å². The minimum absolute atomic E-state index is 0.0825. The SMILES string of the molecule is O=C(CCNC(=O)c1ccc(Cl)cc1)Nc1cccc(CO)c1. The van der Waals surface area contributed by atoms with Gasteiger partial charge in [-0.1, -0.05) is 23.7 Å². The first kappa shape index (κ1) is 17.0. The number of rotatable bonds is 6. The van der Waals surface area contributed by atoms with Gasteiger partial charge in [-0.15, -0.1) is 0 Å². The van der Waals surface area contributed by atoms with E-state index in [1.165, 1.54) is 0 Å². The molecule has 0 aromatic heterocycles. The largest absolute Gasteiger partial charge is 0.392 e. The van der Waals surface area contributed by atoms with Crippen molar-refractivity contribution in [2.24, 2.45) is 0 Å². The summed E-state index contributed by atoms with van der Waals surface area (Å²) in [5, 5.41) is 15.0. The molecule has 23 heavy (non-hydrogen) atoms. The summed E-state index contributed by atoms with van der Waals surface area (Å²) >= 11 is 5.76. The first-order valence-corrected chi connectivity index (χ1v) is 7.49. The third kappa shape index (κ3) is 5.39. The van der Waals surface area contributed by atoms with Gasteiger partial charge in [0.05, 0.1) is 6.61 Å². The number of anilines is 1. The maximum atomic E-state index is 11.9. The molecule has 0 fully saturated rings. The Morgan fingerprint density at radius 3 is 2.52 bits per heavy atom. The van der Waals surface area contributed by atoms with Crippen LogP contribution in [0.15, 0.2) is 48.5 Å². The van der Waals surface area contributed by atoms with Gasteiger partial charge in [-0.05, 0) is 42.0 Å². The van der Waals surface area contributed by atoms with Gasteiger partial charge in [0.1, 0.15) is 0 Å². The van der Waals surface area contributed by atoms with Gasteiger partial charge in [-0.2, -0.15) is 0 Å². The van der Waals surface area contributed by atoms with E-state index in [4.69, 9.17) is 16.7 Å². The lowest BCUT2D eigenvalue weighted by Crippen LogP contribution is -2.27. The molecule has 0 aliphatic rings. The predicted molar refractivity (Wildman–Crippen MR) is 89.4 cm³/mol. The molecule has 2 aromatic rings. The zero-order valence-corrected chi connectivity index (χ0v) is 13.1. The fourth-order valence-electron chi connectivity index (χ4n) is 1.96. The second-order valence-corrected chi connectivity index (χ2v) is 5.36. The van der Waals surface area contributed by atoms with E-state index >= 15 is 0 Å². The van der Waals surface area contributed by atoms with Crippen molar-refractivity contribution in [3.63, 3.8) is 0 Å². The van der Waals surface area contributed by atoms with Crippen LogP contribution in [0.3, 0.4) is 0 Å². The van der Waals surface area contributed by atoms with Crippen LogP contribution in [0.2, 0.25) is 5.02 Å². The maximum Gasteiger partial charge on any atom is 0.251 e. The molecule has 0 saturated heterocycles. The summed E-state index contributed by atoms with van der Waals surface area (Å²) in [5.41, 5.74) is 1.83. The summed E-state index contributed by atoms with van der Waals surface area (Å²) in [6, 6.07) is 13.5. The number of benzene rings is 2. The summed E-state index contributed by atoms with van der Waals surface area (Å²) < 4.78 is 0. The third-order valence-corrected chi connectivity index (χ3v) is 3.39. The number of amides is 2. The molecule has 6 heteroatoms. The lowest BCUT2D eigenvalue weighted by atomic mass is 10.2. The molecular formula is C17H17ClN2O3. The van der Waals surface area contributed by atoms with Crippen molar-refractivity contribution in [2.45, 2.75) is 13.0 Å². The summed E-state index contributed by atoms with van der Waals surface area (Å²) in [5.74, 6) is -0.465. The van der Waals surface area contributed by atoms with Crippen molar-refractivity contribution in [1.82, 2.24) is 5.32 Å². The van der Waals surface area contributed by atoms with Crippen molar-refractivity contribution < 1.29 is 14.7 Å². The van der Waals surface area contributed by atoms with E-state index in [1.54, 1.807) is 48.5 Å². The first-order valence-electron chi connectivity index (χ1n) is 7.12. The van der Waals surface area contributed by atoms with Gasteiger partial charge in [0.25, 0.3) is 5.91 Å². The Labute approximate surface area is 139 Å². The van der Waals surface area contributed by atoms with Crippen LogP contribution in [0.5, 0.6) is 0 Å². The number of halogens is 1. The molecule has 3 N–H and O–H groups in total. The zero-order chi connectivity index (χ0) is 16.7. The lowest BCUT2D eigenvalue weighted by molar-refractivity contribution is -0.116. The van der Waals surface area contributed by atoms with E-state index in [0.717, 1.165) is 5.56 Å². The van der Waals surface area contributed by atoms with Gasteiger partial charge in [-0.25, -0.2) is 0 Å². The number of hydrogen-bond donors (Lipinski definition) is 3. The highest BCUT2D eigenvalue weighted by atomic mass is 35.5. The van der Waals surface area contributed by atoms with Crippen LogP contribution in [0.1, 0.15) is 22.3 Å². The number of aliphatic hydroxyl groups excluding tert-OH is 1. The summed E-state index contributed by atoms with van der Waals surface area (Å²) in [6.45, 7) is 0.147. The second kappa shape index (κ2) is 8.31.